The Labute approximate surface area is 108 Å². The fourth-order valence-corrected chi connectivity index (χ4v) is 2.85. The van der Waals surface area contributed by atoms with Crippen LogP contribution < -0.4 is 5.73 Å². The highest BCUT2D eigenvalue weighted by molar-refractivity contribution is 7.98. The van der Waals surface area contributed by atoms with Gasteiger partial charge in [-0.05, 0) is 31.3 Å². The third-order valence-electron chi connectivity index (χ3n) is 3.39. The first-order chi connectivity index (χ1) is 7.98. The van der Waals surface area contributed by atoms with Crippen LogP contribution in [0.5, 0.6) is 0 Å². The quantitative estimate of drug-likeness (QED) is 0.742. The molecule has 17 heavy (non-hydrogen) atoms. The SMILES string of the molecule is CSCC[C@@H](N)C(=O)N(C)CC1(O)CCCC1. The number of hydrogen-bond donors (Lipinski definition) is 2. The summed E-state index contributed by atoms with van der Waals surface area (Å²) in [5, 5.41) is 10.2. The molecule has 0 spiro atoms. The van der Waals surface area contributed by atoms with Crippen molar-refractivity contribution in [2.75, 3.05) is 25.6 Å². The summed E-state index contributed by atoms with van der Waals surface area (Å²) in [6.45, 7) is 0.415. The van der Waals surface area contributed by atoms with Gasteiger partial charge in [0, 0.05) is 13.6 Å². The zero-order valence-corrected chi connectivity index (χ0v) is 11.6. The van der Waals surface area contributed by atoms with E-state index in [2.05, 4.69) is 0 Å². The van der Waals surface area contributed by atoms with Crippen LogP contribution in [0.15, 0.2) is 0 Å². The highest BCUT2D eigenvalue weighted by Gasteiger charge is 2.34. The van der Waals surface area contributed by atoms with E-state index in [0.717, 1.165) is 31.4 Å². The van der Waals surface area contributed by atoms with E-state index >= 15 is 0 Å². The van der Waals surface area contributed by atoms with Gasteiger partial charge in [0.2, 0.25) is 5.91 Å². The molecule has 0 aliphatic heterocycles. The van der Waals surface area contributed by atoms with Crippen molar-refractivity contribution in [3.8, 4) is 0 Å². The van der Waals surface area contributed by atoms with E-state index in [0.29, 0.717) is 13.0 Å². The van der Waals surface area contributed by atoms with Crippen molar-refractivity contribution < 1.29 is 9.90 Å². The predicted octanol–water partition coefficient (Wildman–Crippen LogP) is 0.830. The summed E-state index contributed by atoms with van der Waals surface area (Å²) in [7, 11) is 1.73. The molecule has 0 aromatic carbocycles. The average Bonchev–Trinajstić information content (AvgIpc) is 2.71. The molecule has 0 aromatic rings. The zero-order chi connectivity index (χ0) is 12.9. The molecule has 0 radical (unpaired) electrons. The van der Waals surface area contributed by atoms with Gasteiger partial charge in [0.1, 0.15) is 0 Å². The molecule has 4 nitrogen and oxygen atoms in total. The van der Waals surface area contributed by atoms with E-state index in [9.17, 15) is 9.90 Å². The number of carbonyl (C=O) groups is 1. The van der Waals surface area contributed by atoms with Crippen molar-refractivity contribution in [2.24, 2.45) is 5.73 Å². The summed E-state index contributed by atoms with van der Waals surface area (Å²) in [5.74, 6) is 0.838. The molecule has 5 heteroatoms. The van der Waals surface area contributed by atoms with Crippen molar-refractivity contribution in [3.05, 3.63) is 0 Å². The summed E-state index contributed by atoms with van der Waals surface area (Å²) >= 11 is 1.69. The van der Waals surface area contributed by atoms with Crippen LogP contribution >= 0.6 is 11.8 Å². The lowest BCUT2D eigenvalue weighted by Gasteiger charge is -2.30. The summed E-state index contributed by atoms with van der Waals surface area (Å²) < 4.78 is 0. The maximum Gasteiger partial charge on any atom is 0.239 e. The standard InChI is InChI=1S/C12H24N2O2S/c1-14(9-12(16)6-3-4-7-12)11(15)10(13)5-8-17-2/h10,16H,3-9,13H2,1-2H3/t10-/m1/s1. The number of aliphatic hydroxyl groups is 1. The predicted molar refractivity (Wildman–Crippen MR) is 72.0 cm³/mol. The molecule has 0 bridgehead atoms. The highest BCUT2D eigenvalue weighted by atomic mass is 32.2. The lowest BCUT2D eigenvalue weighted by molar-refractivity contribution is -0.134. The minimum atomic E-state index is -0.677. The van der Waals surface area contributed by atoms with E-state index < -0.39 is 11.6 Å². The van der Waals surface area contributed by atoms with Gasteiger partial charge >= 0.3 is 0 Å². The third-order valence-corrected chi connectivity index (χ3v) is 4.04. The van der Waals surface area contributed by atoms with Crippen molar-refractivity contribution in [1.82, 2.24) is 4.90 Å². The molecule has 0 heterocycles. The largest absolute Gasteiger partial charge is 0.388 e. The minimum absolute atomic E-state index is 0.0561. The third kappa shape index (κ3) is 4.48. The Morgan fingerprint density at radius 1 is 1.53 bits per heavy atom. The Bertz CT molecular complexity index is 255. The Morgan fingerprint density at radius 3 is 2.65 bits per heavy atom. The number of amides is 1. The molecule has 1 saturated carbocycles. The van der Waals surface area contributed by atoms with E-state index in [-0.39, 0.29) is 5.91 Å². The fourth-order valence-electron chi connectivity index (χ4n) is 2.36. The number of nitrogens with zero attached hydrogens (tertiary/aromatic N) is 1. The molecular formula is C12H24N2O2S. The van der Waals surface area contributed by atoms with E-state index in [4.69, 9.17) is 5.73 Å². The van der Waals surface area contributed by atoms with Gasteiger partial charge in [-0.1, -0.05) is 12.8 Å². The van der Waals surface area contributed by atoms with Crippen LogP contribution in [0.1, 0.15) is 32.1 Å². The molecule has 0 saturated heterocycles. The molecule has 100 valence electrons. The summed E-state index contributed by atoms with van der Waals surface area (Å²) in [6, 6.07) is -0.433. The van der Waals surface area contributed by atoms with Gasteiger partial charge in [-0.15, -0.1) is 0 Å². The monoisotopic (exact) mass is 260 g/mol. The maximum absolute atomic E-state index is 12.0. The van der Waals surface area contributed by atoms with Crippen LogP contribution in [0.4, 0.5) is 0 Å². The number of likely N-dealkylation sites (N-methyl/N-ethyl adjacent to an activating group) is 1. The topological polar surface area (TPSA) is 66.6 Å². The Morgan fingerprint density at radius 2 is 2.12 bits per heavy atom. The second-order valence-electron chi connectivity index (χ2n) is 5.01. The first-order valence-electron chi connectivity index (χ1n) is 6.20. The Hall–Kier alpha value is -0.260. The van der Waals surface area contributed by atoms with E-state index in [1.165, 1.54) is 0 Å². The van der Waals surface area contributed by atoms with Crippen LogP contribution in [-0.4, -0.2) is 53.2 Å². The number of hydrogen-bond acceptors (Lipinski definition) is 4. The normalized spacial score (nSPS) is 20.2. The Kier molecular flexibility index (Phi) is 5.76. The summed E-state index contributed by atoms with van der Waals surface area (Å²) in [5.41, 5.74) is 5.16. The van der Waals surface area contributed by atoms with Gasteiger partial charge in [-0.25, -0.2) is 0 Å². The average molecular weight is 260 g/mol. The van der Waals surface area contributed by atoms with Crippen molar-refractivity contribution in [3.63, 3.8) is 0 Å². The maximum atomic E-state index is 12.0. The van der Waals surface area contributed by atoms with Crippen molar-refractivity contribution in [1.29, 1.82) is 0 Å². The molecule has 1 aliphatic carbocycles. The Balaban J connectivity index is 2.40. The van der Waals surface area contributed by atoms with Gasteiger partial charge in [-0.2, -0.15) is 11.8 Å². The van der Waals surface area contributed by atoms with E-state index in [1.54, 1.807) is 23.7 Å². The first kappa shape index (κ1) is 14.8. The van der Waals surface area contributed by atoms with E-state index in [1.807, 2.05) is 6.26 Å². The van der Waals surface area contributed by atoms with Crippen LogP contribution in [0.2, 0.25) is 0 Å². The van der Waals surface area contributed by atoms with Crippen LogP contribution in [-0.2, 0) is 4.79 Å². The van der Waals surface area contributed by atoms with Gasteiger partial charge in [0.15, 0.2) is 0 Å². The second-order valence-corrected chi connectivity index (χ2v) is 6.00. The lowest BCUT2D eigenvalue weighted by Crippen LogP contribution is -2.48. The number of thioether (sulfide) groups is 1. The molecule has 1 amide bonds. The number of rotatable bonds is 6. The van der Waals surface area contributed by atoms with Crippen molar-refractivity contribution in [2.45, 2.75) is 43.7 Å². The molecule has 0 unspecified atom stereocenters. The highest BCUT2D eigenvalue weighted by Crippen LogP contribution is 2.29. The van der Waals surface area contributed by atoms with Gasteiger partial charge in [0.25, 0.3) is 0 Å². The fraction of sp³-hybridized carbons (Fsp3) is 0.917. The summed E-state index contributed by atoms with van der Waals surface area (Å²) in [6.07, 6.45) is 6.40. The lowest BCUT2D eigenvalue weighted by atomic mass is 10.0. The molecule has 1 rings (SSSR count). The van der Waals surface area contributed by atoms with Crippen LogP contribution in [0.3, 0.4) is 0 Å². The molecule has 0 aromatic heterocycles. The smallest absolute Gasteiger partial charge is 0.239 e. The zero-order valence-electron chi connectivity index (χ0n) is 10.8. The first-order valence-corrected chi connectivity index (χ1v) is 7.60. The molecule has 1 fully saturated rings. The number of carbonyl (C=O) groups excluding carboxylic acids is 1. The van der Waals surface area contributed by atoms with Crippen LogP contribution in [0.25, 0.3) is 0 Å². The molecular weight excluding hydrogens is 236 g/mol. The van der Waals surface area contributed by atoms with Gasteiger partial charge < -0.3 is 15.7 Å². The summed E-state index contributed by atoms with van der Waals surface area (Å²) in [4.78, 5) is 13.6. The van der Waals surface area contributed by atoms with Crippen molar-refractivity contribution >= 4 is 17.7 Å². The molecule has 3 N–H and O–H groups in total. The minimum Gasteiger partial charge on any atom is -0.388 e. The second kappa shape index (κ2) is 6.61. The van der Waals surface area contributed by atoms with Gasteiger partial charge in [-0.3, -0.25) is 4.79 Å². The molecule has 1 aliphatic rings. The molecule has 1 atom stereocenters. The van der Waals surface area contributed by atoms with Gasteiger partial charge in [0.05, 0.1) is 11.6 Å². The number of nitrogens with two attached hydrogens (primary N) is 1. The van der Waals surface area contributed by atoms with Crippen LogP contribution in [0, 0.1) is 0 Å².